The third-order valence-electron chi connectivity index (χ3n) is 3.87. The van der Waals surface area contributed by atoms with Gasteiger partial charge in [-0.2, -0.15) is 0 Å². The largest absolute Gasteiger partial charge is 0.493 e. The topological polar surface area (TPSA) is 117 Å². The highest BCUT2D eigenvalue weighted by atomic mass is 35.5. The number of nitro benzene ring substituents is 1. The molecule has 29 heavy (non-hydrogen) atoms. The molecule has 0 spiro atoms. The van der Waals surface area contributed by atoms with E-state index in [1.807, 2.05) is 0 Å². The molecular weight excluding hydrogens is 404 g/mol. The van der Waals surface area contributed by atoms with Crippen LogP contribution in [0.2, 0.25) is 5.02 Å². The van der Waals surface area contributed by atoms with Crippen molar-refractivity contribution in [3.05, 3.63) is 56.6 Å². The normalized spacial score (nSPS) is 10.2. The van der Waals surface area contributed by atoms with E-state index in [1.54, 1.807) is 32.0 Å². The van der Waals surface area contributed by atoms with Gasteiger partial charge in [0.05, 0.1) is 24.7 Å². The van der Waals surface area contributed by atoms with Crippen LogP contribution in [-0.2, 0) is 9.53 Å². The van der Waals surface area contributed by atoms with Gasteiger partial charge in [-0.25, -0.2) is 4.79 Å². The highest BCUT2D eigenvalue weighted by Crippen LogP contribution is 2.35. The molecule has 0 aliphatic heterocycles. The summed E-state index contributed by atoms with van der Waals surface area (Å²) in [4.78, 5) is 35.0. The minimum Gasteiger partial charge on any atom is -0.493 e. The molecule has 0 fully saturated rings. The Labute approximate surface area is 171 Å². The van der Waals surface area contributed by atoms with Crippen LogP contribution in [0.25, 0.3) is 0 Å². The fourth-order valence-corrected chi connectivity index (χ4v) is 2.60. The van der Waals surface area contributed by atoms with Gasteiger partial charge in [0.2, 0.25) is 0 Å². The van der Waals surface area contributed by atoms with Crippen molar-refractivity contribution in [1.29, 1.82) is 0 Å². The van der Waals surface area contributed by atoms with E-state index in [4.69, 9.17) is 25.8 Å². The molecule has 0 radical (unpaired) electrons. The summed E-state index contributed by atoms with van der Waals surface area (Å²) >= 11 is 5.99. The number of halogens is 1. The number of ether oxygens (including phenoxy) is 3. The van der Waals surface area contributed by atoms with Crippen LogP contribution >= 0.6 is 11.6 Å². The molecule has 0 saturated carbocycles. The van der Waals surface area contributed by atoms with E-state index in [9.17, 15) is 19.7 Å². The first kappa shape index (κ1) is 22.0. The fraction of sp³-hybridized carbons (Fsp3) is 0.263. The summed E-state index contributed by atoms with van der Waals surface area (Å²) in [7, 11) is 1.33. The van der Waals surface area contributed by atoms with Gasteiger partial charge in [0, 0.05) is 16.8 Å². The second-order valence-corrected chi connectivity index (χ2v) is 6.15. The van der Waals surface area contributed by atoms with Crippen molar-refractivity contribution in [2.24, 2.45) is 0 Å². The summed E-state index contributed by atoms with van der Waals surface area (Å²) in [5, 5.41) is 14.4. The van der Waals surface area contributed by atoms with Crippen LogP contribution < -0.4 is 14.8 Å². The van der Waals surface area contributed by atoms with Crippen LogP contribution in [0.4, 0.5) is 11.4 Å². The first-order valence-electron chi connectivity index (χ1n) is 8.49. The van der Waals surface area contributed by atoms with E-state index < -0.39 is 29.1 Å². The molecule has 1 amide bonds. The third kappa shape index (κ3) is 5.35. The molecule has 0 unspecified atom stereocenters. The van der Waals surface area contributed by atoms with E-state index in [0.29, 0.717) is 16.3 Å². The van der Waals surface area contributed by atoms with Crippen molar-refractivity contribution >= 4 is 34.9 Å². The number of hydrogen-bond donors (Lipinski definition) is 1. The Morgan fingerprint density at radius 1 is 1.24 bits per heavy atom. The van der Waals surface area contributed by atoms with E-state index >= 15 is 0 Å². The Balaban J connectivity index is 2.16. The molecular formula is C19H19ClN2O7. The number of methoxy groups -OCH3 is 1. The number of hydrogen-bond acceptors (Lipinski definition) is 7. The summed E-state index contributed by atoms with van der Waals surface area (Å²) in [5.41, 5.74) is 0.236. The summed E-state index contributed by atoms with van der Waals surface area (Å²) in [5.74, 6) is -1.42. The van der Waals surface area contributed by atoms with Gasteiger partial charge < -0.3 is 19.5 Å². The van der Waals surface area contributed by atoms with Crippen LogP contribution in [0, 0.1) is 17.0 Å². The number of amides is 1. The number of nitrogens with one attached hydrogen (secondary N) is 1. The van der Waals surface area contributed by atoms with Crippen LogP contribution in [0.15, 0.2) is 30.3 Å². The lowest BCUT2D eigenvalue weighted by molar-refractivity contribution is -0.385. The van der Waals surface area contributed by atoms with Crippen molar-refractivity contribution in [2.75, 3.05) is 25.6 Å². The number of anilines is 1. The second kappa shape index (κ2) is 9.74. The molecule has 0 heterocycles. The molecule has 10 heteroatoms. The first-order valence-corrected chi connectivity index (χ1v) is 8.87. The average molecular weight is 423 g/mol. The number of carbonyl (C=O) groups excluding carboxylic acids is 2. The second-order valence-electron chi connectivity index (χ2n) is 5.75. The number of rotatable bonds is 8. The Hall–Kier alpha value is -3.33. The van der Waals surface area contributed by atoms with Crippen molar-refractivity contribution in [3.63, 3.8) is 0 Å². The van der Waals surface area contributed by atoms with Gasteiger partial charge in [-0.05, 0) is 31.5 Å². The first-order chi connectivity index (χ1) is 13.8. The number of esters is 1. The zero-order valence-electron chi connectivity index (χ0n) is 16.0. The number of benzene rings is 2. The lowest BCUT2D eigenvalue weighted by Gasteiger charge is -2.12. The molecule has 154 valence electrons. The summed E-state index contributed by atoms with van der Waals surface area (Å²) in [6.45, 7) is 3.03. The molecule has 2 aromatic carbocycles. The summed E-state index contributed by atoms with van der Waals surface area (Å²) in [6.07, 6.45) is 0. The molecule has 2 aromatic rings. The van der Waals surface area contributed by atoms with Gasteiger partial charge in [-0.15, -0.1) is 0 Å². The van der Waals surface area contributed by atoms with Gasteiger partial charge >= 0.3 is 5.97 Å². The number of nitro groups is 1. The molecule has 1 N–H and O–H groups in total. The molecule has 0 saturated heterocycles. The maximum Gasteiger partial charge on any atom is 0.345 e. The average Bonchev–Trinajstić information content (AvgIpc) is 2.69. The SMILES string of the molecule is CCOc1cc([N+](=O)[O-])c(C(=O)OCC(=O)Nc2cccc(Cl)c2C)cc1OC. The maximum atomic E-state index is 12.4. The highest BCUT2D eigenvalue weighted by Gasteiger charge is 2.26. The zero-order valence-corrected chi connectivity index (χ0v) is 16.7. The highest BCUT2D eigenvalue weighted by molar-refractivity contribution is 6.31. The predicted molar refractivity (Wildman–Crippen MR) is 106 cm³/mol. The molecule has 0 atom stereocenters. The maximum absolute atomic E-state index is 12.4. The zero-order chi connectivity index (χ0) is 21.6. The third-order valence-corrected chi connectivity index (χ3v) is 4.28. The molecule has 0 aliphatic carbocycles. The predicted octanol–water partition coefficient (Wildman–Crippen LogP) is 3.76. The Kier molecular flexibility index (Phi) is 7.38. The van der Waals surface area contributed by atoms with E-state index in [2.05, 4.69) is 5.32 Å². The lowest BCUT2D eigenvalue weighted by Crippen LogP contribution is -2.21. The van der Waals surface area contributed by atoms with Crippen LogP contribution in [-0.4, -0.2) is 37.1 Å². The van der Waals surface area contributed by atoms with Crippen molar-refractivity contribution in [3.8, 4) is 11.5 Å². The summed E-state index contributed by atoms with van der Waals surface area (Å²) in [6, 6.07) is 7.19. The quantitative estimate of drug-likeness (QED) is 0.391. The van der Waals surface area contributed by atoms with E-state index in [0.717, 1.165) is 12.1 Å². The molecule has 0 aliphatic rings. The van der Waals surface area contributed by atoms with Crippen molar-refractivity contribution < 1.29 is 28.7 Å². The van der Waals surface area contributed by atoms with Crippen LogP contribution in [0.5, 0.6) is 11.5 Å². The number of nitrogens with zero attached hydrogens (tertiary/aromatic N) is 1. The van der Waals surface area contributed by atoms with Gasteiger partial charge in [0.1, 0.15) is 5.56 Å². The van der Waals surface area contributed by atoms with E-state index in [1.165, 1.54) is 7.11 Å². The Bertz CT molecular complexity index is 946. The Morgan fingerprint density at radius 2 is 1.97 bits per heavy atom. The van der Waals surface area contributed by atoms with Gasteiger partial charge in [0.15, 0.2) is 18.1 Å². The van der Waals surface area contributed by atoms with Crippen molar-refractivity contribution in [1.82, 2.24) is 0 Å². The van der Waals surface area contributed by atoms with Crippen molar-refractivity contribution in [2.45, 2.75) is 13.8 Å². The number of carbonyl (C=O) groups is 2. The smallest absolute Gasteiger partial charge is 0.345 e. The van der Waals surface area contributed by atoms with Crippen LogP contribution in [0.3, 0.4) is 0 Å². The van der Waals surface area contributed by atoms with Gasteiger partial charge in [0.25, 0.3) is 11.6 Å². The Morgan fingerprint density at radius 3 is 2.59 bits per heavy atom. The van der Waals surface area contributed by atoms with E-state index in [-0.39, 0.29) is 23.7 Å². The fourth-order valence-electron chi connectivity index (χ4n) is 2.43. The van der Waals surface area contributed by atoms with Crippen LogP contribution in [0.1, 0.15) is 22.8 Å². The van der Waals surface area contributed by atoms with Gasteiger partial charge in [-0.1, -0.05) is 17.7 Å². The molecule has 0 aromatic heterocycles. The standard InChI is InChI=1S/C19H19ClN2O7/c1-4-28-17-9-15(22(25)26)12(8-16(17)27-3)19(24)29-10-18(23)21-14-7-5-6-13(20)11(14)2/h5-9H,4,10H2,1-3H3,(H,21,23). The lowest BCUT2D eigenvalue weighted by atomic mass is 10.1. The minimum absolute atomic E-state index is 0.118. The molecule has 0 bridgehead atoms. The van der Waals surface area contributed by atoms with Gasteiger partial charge in [-0.3, -0.25) is 14.9 Å². The summed E-state index contributed by atoms with van der Waals surface area (Å²) < 4.78 is 15.3. The minimum atomic E-state index is -1.05. The molecule has 2 rings (SSSR count). The molecule has 9 nitrogen and oxygen atoms in total. The monoisotopic (exact) mass is 422 g/mol.